The van der Waals surface area contributed by atoms with Crippen LogP contribution in [0.1, 0.15) is 0 Å². The molecule has 0 aliphatic heterocycles. The zero-order chi connectivity index (χ0) is 2.71. The van der Waals surface area contributed by atoms with Crippen LogP contribution < -0.4 is 0 Å². The van der Waals surface area contributed by atoms with Crippen LogP contribution in [0.25, 0.3) is 0 Å². The van der Waals surface area contributed by atoms with Crippen LogP contribution in [0.5, 0.6) is 0 Å². The molecule has 0 bridgehead atoms. The Hall–Kier alpha value is 3.94. The summed E-state index contributed by atoms with van der Waals surface area (Å²) in [6, 6.07) is 0. The Morgan fingerprint density at radius 2 is 1.43 bits per heavy atom. The van der Waals surface area contributed by atoms with E-state index in [1.54, 1.807) is 0 Å². The molecule has 2 radical (unpaired) electrons. The molecular weight excluding hydrogens is 505 g/mol. The van der Waals surface area contributed by atoms with E-state index in [1.807, 2.05) is 0 Å². The summed E-state index contributed by atoms with van der Waals surface area (Å²) >= 11 is 4.65. The van der Waals surface area contributed by atoms with Crippen molar-refractivity contribution in [3.63, 3.8) is 0 Å². The second-order valence-corrected chi connectivity index (χ2v) is 8.10. The SMILES string of the molecule is [Cu].[Fe].[Mn].[SeH][Co][I].[Zn]. The molecule has 0 aliphatic carbocycles. The molecule has 0 amide bonds. The van der Waals surface area contributed by atoms with E-state index in [0.717, 1.165) is 0 Å². The molecule has 0 atom stereocenters. The second kappa shape index (κ2) is 32.6. The minimum Gasteiger partial charge on any atom is 0 e. The largest absolute Gasteiger partial charge is 0 e. The van der Waals surface area contributed by atoms with Crippen LogP contribution in [0.3, 0.4) is 0 Å². The second-order valence-electron chi connectivity index (χ2n) is 0.0563. The maximum atomic E-state index is 2.42. The molecule has 0 N–H and O–H groups in total. The Morgan fingerprint density at radius 1 is 1.43 bits per heavy atom. The first-order valence-electron chi connectivity index (χ1n) is 0.275. The maximum absolute atomic E-state index is 2.42. The molecule has 0 saturated heterocycles. The van der Waals surface area contributed by atoms with Crippen molar-refractivity contribution in [2.75, 3.05) is 0 Å². The average Bonchev–Trinajstić information content (AvgIpc) is 0.918. The van der Waals surface area contributed by atoms with E-state index in [0.29, 0.717) is 0 Å². The Morgan fingerprint density at radius 3 is 1.43 bits per heavy atom. The molecule has 0 heterocycles. The average molecular weight is 506 g/mol. The van der Waals surface area contributed by atoms with Gasteiger partial charge in [0.2, 0.25) is 0 Å². The van der Waals surface area contributed by atoms with Gasteiger partial charge in [0, 0.05) is 70.7 Å². The van der Waals surface area contributed by atoms with Crippen LogP contribution in [0.15, 0.2) is 0 Å². The summed E-state index contributed by atoms with van der Waals surface area (Å²) in [6.07, 6.45) is 0. The normalized spacial score (nSPS) is 3.14. The van der Waals surface area contributed by atoms with E-state index in [4.69, 9.17) is 0 Å². The van der Waals surface area contributed by atoms with Gasteiger partial charge in [-0.25, -0.2) is 0 Å². The van der Waals surface area contributed by atoms with Crippen molar-refractivity contribution in [1.29, 1.82) is 0 Å². The van der Waals surface area contributed by atoms with Crippen LogP contribution in [-0.2, 0) is 80.4 Å². The van der Waals surface area contributed by atoms with E-state index in [1.165, 1.54) is 9.67 Å². The molecule has 0 saturated carbocycles. The van der Waals surface area contributed by atoms with Gasteiger partial charge in [-0.05, 0) is 0 Å². The molecular formula is HCoCuFeIMnSeZn. The number of hydrogen-bond donors (Lipinski definition) is 0. The summed E-state index contributed by atoms with van der Waals surface area (Å²) in [5.41, 5.74) is 0. The molecule has 7 heteroatoms. The molecule has 0 spiro atoms. The van der Waals surface area contributed by atoms with Crippen LogP contribution in [0, 0.1) is 0 Å². The number of rotatable bonds is 0. The van der Waals surface area contributed by atoms with Gasteiger partial charge in [-0.15, -0.1) is 0 Å². The zero-order valence-corrected chi connectivity index (χ0v) is 14.2. The Bertz CT molecular complexity index is 19.7. The third-order valence-electron chi connectivity index (χ3n) is 0. The fourth-order valence-electron chi connectivity index (χ4n) is 0. The Labute approximate surface area is 113 Å². The smallest absolute Gasteiger partial charge is 0 e. The molecule has 0 aliphatic rings. The topological polar surface area (TPSA) is 0 Å². The fraction of sp³-hybridized carbons (Fsp3) is 0. The summed E-state index contributed by atoms with van der Waals surface area (Å²) in [7, 11) is 1.34. The van der Waals surface area contributed by atoms with E-state index in [9.17, 15) is 0 Å². The maximum Gasteiger partial charge on any atom is 0 e. The number of hydrogen-bond acceptors (Lipinski definition) is 0. The van der Waals surface area contributed by atoms with Crippen LogP contribution in [-0.4, -0.2) is 14.2 Å². The van der Waals surface area contributed by atoms with E-state index in [2.05, 4.69) is 34.7 Å². The van der Waals surface area contributed by atoms with Crippen LogP contribution in [0.4, 0.5) is 0 Å². The van der Waals surface area contributed by atoms with E-state index in [-0.39, 0.29) is 70.7 Å². The van der Waals surface area contributed by atoms with Crippen molar-refractivity contribution in [3.8, 4) is 0 Å². The van der Waals surface area contributed by atoms with Gasteiger partial charge in [0.15, 0.2) is 0 Å². The first-order valence-corrected chi connectivity index (χ1v) is 6.68. The monoisotopic (exact) mass is 504 g/mol. The summed E-state index contributed by atoms with van der Waals surface area (Å²) in [6.45, 7) is 0. The van der Waals surface area contributed by atoms with Crippen molar-refractivity contribution in [2.24, 2.45) is 0 Å². The summed E-state index contributed by atoms with van der Waals surface area (Å²) < 4.78 is 0. The Kier molecular flexibility index (Phi) is 143. The standard InChI is InChI=1S/Co.Cu.Fe.HI.Mn.H2Se.Zn/h;;;1H;;1H2;/q+2;;;;;;/p-2. The molecule has 51 valence electrons. The fourth-order valence-corrected chi connectivity index (χ4v) is 0. The number of halogens is 1. The van der Waals surface area contributed by atoms with Gasteiger partial charge in [-0.2, -0.15) is 0 Å². The summed E-state index contributed by atoms with van der Waals surface area (Å²) in [5, 5.41) is 0. The van der Waals surface area contributed by atoms with Crippen LogP contribution >= 0.6 is 20.4 Å². The molecule has 0 nitrogen and oxygen atoms in total. The van der Waals surface area contributed by atoms with E-state index >= 15 is 0 Å². The Balaban J connectivity index is -0.00000000333. The van der Waals surface area contributed by atoms with Gasteiger partial charge in [0.05, 0.1) is 0 Å². The van der Waals surface area contributed by atoms with Crippen molar-refractivity contribution in [2.45, 2.75) is 0 Å². The quantitative estimate of drug-likeness (QED) is 0.327. The molecule has 7 heavy (non-hydrogen) atoms. The zero-order valence-electron chi connectivity index (χ0n) is 2.90. The minimum atomic E-state index is 0. The third kappa shape index (κ3) is 40.4. The molecule has 0 unspecified atom stereocenters. The first kappa shape index (κ1) is 30.6. The predicted molar refractivity (Wildman–Crippen MR) is 21.2 cm³/mol. The van der Waals surface area contributed by atoms with Gasteiger partial charge >= 0.3 is 44.3 Å². The van der Waals surface area contributed by atoms with Gasteiger partial charge in [0.1, 0.15) is 0 Å². The van der Waals surface area contributed by atoms with Gasteiger partial charge in [-0.1, -0.05) is 0 Å². The molecule has 0 rings (SSSR count). The first-order chi connectivity index (χ1) is 1.41. The minimum absolute atomic E-state index is 0. The molecule has 0 aromatic rings. The van der Waals surface area contributed by atoms with Crippen molar-refractivity contribution in [3.05, 3.63) is 0 Å². The molecule has 0 fully saturated rings. The predicted octanol–water partition coefficient (Wildman–Crippen LogP) is 0.225. The molecule has 0 aromatic heterocycles. The van der Waals surface area contributed by atoms with E-state index < -0.39 is 0 Å². The van der Waals surface area contributed by atoms with Gasteiger partial charge < -0.3 is 0 Å². The molecule has 0 aromatic carbocycles. The van der Waals surface area contributed by atoms with Gasteiger partial charge in [-0.3, -0.25) is 0 Å². The van der Waals surface area contributed by atoms with Crippen molar-refractivity contribution < 1.29 is 80.4 Å². The van der Waals surface area contributed by atoms with Gasteiger partial charge in [0.25, 0.3) is 0 Å². The summed E-state index contributed by atoms with van der Waals surface area (Å²) in [5.74, 6) is 0. The third-order valence-corrected chi connectivity index (χ3v) is 0. The van der Waals surface area contributed by atoms with Crippen molar-refractivity contribution in [1.82, 2.24) is 0 Å². The van der Waals surface area contributed by atoms with Crippen LogP contribution in [0.2, 0.25) is 0 Å². The summed E-state index contributed by atoms with van der Waals surface area (Å²) in [4.78, 5) is 0. The van der Waals surface area contributed by atoms with Crippen molar-refractivity contribution >= 4 is 34.7 Å².